The first kappa shape index (κ1) is 28.5. The number of carboxylic acids is 1. The van der Waals surface area contributed by atoms with Crippen LogP contribution < -0.4 is 27.8 Å². The van der Waals surface area contributed by atoms with Crippen LogP contribution in [0.1, 0.15) is 33.1 Å². The van der Waals surface area contributed by atoms with Crippen LogP contribution in [0.25, 0.3) is 0 Å². The van der Waals surface area contributed by atoms with Crippen molar-refractivity contribution < 1.29 is 33.8 Å². The average molecular weight is 464 g/mol. The summed E-state index contributed by atoms with van der Waals surface area (Å²) in [6.45, 7) is 3.95. The normalized spacial score (nSPS) is 14.6. The van der Waals surface area contributed by atoms with Gasteiger partial charge in [0.1, 0.15) is 12.1 Å². The molecule has 0 spiro atoms. The third-order valence-electron chi connectivity index (χ3n) is 3.88. The van der Waals surface area contributed by atoms with Crippen molar-refractivity contribution in [1.29, 1.82) is 0 Å². The lowest BCUT2D eigenvalue weighted by Gasteiger charge is -2.22. The lowest BCUT2D eigenvalue weighted by Crippen LogP contribution is -2.54. The summed E-state index contributed by atoms with van der Waals surface area (Å²) in [5.41, 5.74) is 16.3. The van der Waals surface area contributed by atoms with E-state index in [-0.39, 0.29) is 24.8 Å². The predicted octanol–water partition coefficient (Wildman–Crippen LogP) is -1.80. The molecule has 0 aliphatic heterocycles. The number of hydrogen-bond acceptors (Lipinski definition) is 6. The third kappa shape index (κ3) is 14.2. The van der Waals surface area contributed by atoms with E-state index in [1.54, 1.807) is 0 Å². The van der Waals surface area contributed by atoms with Gasteiger partial charge in [0.05, 0.1) is 12.2 Å². The van der Waals surface area contributed by atoms with E-state index in [1.807, 2.05) is 13.8 Å². The van der Waals surface area contributed by atoms with Crippen LogP contribution in [0.4, 0.5) is 0 Å². The third-order valence-corrected chi connectivity index (χ3v) is 4.56. The number of allylic oxidation sites excluding steroid dienone is 1. The molecule has 0 aromatic carbocycles. The SMILES string of the molecule is CC(C)CC(N)C(=O)NC(CCCN=C(N)N)C(=O)NC(C=CCP(=O)(O)O)C(=O)O. The molecule has 0 aliphatic rings. The fraction of sp³-hybridized carbons (Fsp3) is 0.647. The molecule has 0 aromatic rings. The molecule has 3 atom stereocenters. The largest absolute Gasteiger partial charge is 0.479 e. The Hall–Kier alpha value is -2.47. The number of carboxylic acid groups (broad SMARTS) is 1. The van der Waals surface area contributed by atoms with E-state index in [9.17, 15) is 24.1 Å². The number of nitrogens with two attached hydrogens (primary N) is 3. The number of guanidine groups is 1. The molecular formula is C17H33N6O7P. The molecule has 14 heteroatoms. The number of carbonyl (C=O) groups excluding carboxylic acids is 2. The lowest BCUT2D eigenvalue weighted by atomic mass is 10.0. The molecule has 0 saturated carbocycles. The van der Waals surface area contributed by atoms with Gasteiger partial charge in [-0.2, -0.15) is 0 Å². The predicted molar refractivity (Wildman–Crippen MR) is 115 cm³/mol. The molecule has 11 N–H and O–H groups in total. The first-order valence-electron chi connectivity index (χ1n) is 9.58. The summed E-state index contributed by atoms with van der Waals surface area (Å²) in [6.07, 6.45) is 2.02. The van der Waals surface area contributed by atoms with Gasteiger partial charge < -0.3 is 42.7 Å². The van der Waals surface area contributed by atoms with Gasteiger partial charge in [-0.05, 0) is 25.2 Å². The van der Waals surface area contributed by atoms with Crippen molar-refractivity contribution >= 4 is 31.3 Å². The van der Waals surface area contributed by atoms with Crippen LogP contribution >= 0.6 is 7.60 Å². The zero-order chi connectivity index (χ0) is 24.2. The summed E-state index contributed by atoms with van der Waals surface area (Å²) >= 11 is 0. The molecule has 0 aromatic heterocycles. The number of hydrogen-bond donors (Lipinski definition) is 8. The Morgan fingerprint density at radius 2 is 1.74 bits per heavy atom. The smallest absolute Gasteiger partial charge is 0.330 e. The molecule has 3 unspecified atom stereocenters. The van der Waals surface area contributed by atoms with Crippen LogP contribution in [0.15, 0.2) is 17.1 Å². The Kier molecular flexibility index (Phi) is 12.7. The molecule has 0 bridgehead atoms. The second-order valence-electron chi connectivity index (χ2n) is 7.35. The summed E-state index contributed by atoms with van der Waals surface area (Å²) in [5, 5.41) is 14.0. The van der Waals surface area contributed by atoms with E-state index in [2.05, 4.69) is 15.6 Å². The van der Waals surface area contributed by atoms with Crippen LogP contribution in [0.2, 0.25) is 0 Å². The highest BCUT2D eigenvalue weighted by molar-refractivity contribution is 7.51. The maximum absolute atomic E-state index is 12.6. The Morgan fingerprint density at radius 1 is 1.13 bits per heavy atom. The van der Waals surface area contributed by atoms with Gasteiger partial charge in [0.2, 0.25) is 11.8 Å². The summed E-state index contributed by atoms with van der Waals surface area (Å²) in [5.74, 6) is -2.81. The molecule has 0 heterocycles. The van der Waals surface area contributed by atoms with Crippen molar-refractivity contribution in [3.63, 3.8) is 0 Å². The van der Waals surface area contributed by atoms with Crippen LogP contribution in [0.5, 0.6) is 0 Å². The van der Waals surface area contributed by atoms with Gasteiger partial charge >= 0.3 is 13.6 Å². The van der Waals surface area contributed by atoms with Gasteiger partial charge in [-0.1, -0.05) is 26.0 Å². The van der Waals surface area contributed by atoms with Gasteiger partial charge in [-0.25, -0.2) is 4.79 Å². The second kappa shape index (κ2) is 13.8. The van der Waals surface area contributed by atoms with E-state index >= 15 is 0 Å². The van der Waals surface area contributed by atoms with Crippen LogP contribution in [-0.4, -0.2) is 69.5 Å². The van der Waals surface area contributed by atoms with Gasteiger partial charge in [-0.3, -0.25) is 19.1 Å². The minimum atomic E-state index is -4.37. The number of rotatable bonds is 14. The number of aliphatic imine (C=N–C) groups is 1. The molecule has 0 aliphatic carbocycles. The fourth-order valence-corrected chi connectivity index (χ4v) is 2.84. The van der Waals surface area contributed by atoms with E-state index < -0.39 is 49.7 Å². The van der Waals surface area contributed by atoms with Gasteiger partial charge in [0, 0.05) is 6.54 Å². The first-order chi connectivity index (χ1) is 14.2. The zero-order valence-electron chi connectivity index (χ0n) is 17.6. The molecule has 178 valence electrons. The van der Waals surface area contributed by atoms with E-state index in [4.69, 9.17) is 27.0 Å². The van der Waals surface area contributed by atoms with Gasteiger partial charge in [-0.15, -0.1) is 0 Å². The molecule has 0 rings (SSSR count). The summed E-state index contributed by atoms with van der Waals surface area (Å²) in [6, 6.07) is -3.52. The maximum Gasteiger partial charge on any atom is 0.330 e. The quantitative estimate of drug-likeness (QED) is 0.0471. The van der Waals surface area contributed by atoms with Crippen molar-refractivity contribution in [2.45, 2.75) is 51.2 Å². The highest BCUT2D eigenvalue weighted by atomic mass is 31.2. The number of nitrogens with one attached hydrogen (secondary N) is 2. The van der Waals surface area contributed by atoms with E-state index in [0.29, 0.717) is 12.8 Å². The van der Waals surface area contributed by atoms with Crippen molar-refractivity contribution in [2.24, 2.45) is 28.1 Å². The van der Waals surface area contributed by atoms with Crippen LogP contribution in [0.3, 0.4) is 0 Å². The number of amides is 2. The average Bonchev–Trinajstić information content (AvgIpc) is 2.61. The minimum absolute atomic E-state index is 0.0985. The number of carbonyl (C=O) groups is 3. The fourth-order valence-electron chi connectivity index (χ4n) is 2.45. The highest BCUT2D eigenvalue weighted by Crippen LogP contribution is 2.33. The maximum atomic E-state index is 12.6. The summed E-state index contributed by atoms with van der Waals surface area (Å²) in [4.78, 5) is 57.8. The lowest BCUT2D eigenvalue weighted by molar-refractivity contribution is -0.140. The van der Waals surface area contributed by atoms with Crippen molar-refractivity contribution in [1.82, 2.24) is 10.6 Å². The molecular weight excluding hydrogens is 431 g/mol. The number of nitrogens with zero attached hydrogens (tertiary/aromatic N) is 1. The number of aliphatic carboxylic acids is 1. The summed E-state index contributed by atoms with van der Waals surface area (Å²) in [7, 11) is -4.37. The molecule has 2 amide bonds. The van der Waals surface area contributed by atoms with Gasteiger partial charge in [0.25, 0.3) is 0 Å². The van der Waals surface area contributed by atoms with Crippen molar-refractivity contribution in [2.75, 3.05) is 12.7 Å². The Morgan fingerprint density at radius 3 is 2.23 bits per heavy atom. The Bertz CT molecular complexity index is 718. The molecule has 13 nitrogen and oxygen atoms in total. The van der Waals surface area contributed by atoms with Crippen molar-refractivity contribution in [3.05, 3.63) is 12.2 Å². The van der Waals surface area contributed by atoms with Crippen LogP contribution in [0, 0.1) is 5.92 Å². The molecule has 0 fully saturated rings. The molecule has 31 heavy (non-hydrogen) atoms. The first-order valence-corrected chi connectivity index (χ1v) is 11.4. The highest BCUT2D eigenvalue weighted by Gasteiger charge is 2.27. The van der Waals surface area contributed by atoms with Gasteiger partial charge in [0.15, 0.2) is 5.96 Å². The van der Waals surface area contributed by atoms with E-state index in [0.717, 1.165) is 12.2 Å². The van der Waals surface area contributed by atoms with E-state index in [1.165, 1.54) is 0 Å². The summed E-state index contributed by atoms with van der Waals surface area (Å²) < 4.78 is 10.9. The second-order valence-corrected chi connectivity index (χ2v) is 9.04. The standard InChI is InChI=1S/C17H33N6O7P/c1-10(2)9-11(18)14(24)22-12(5-3-7-21-17(19)20)15(25)23-13(16(26)27)6-4-8-31(28,29)30/h4,6,10-13H,3,5,7-9,18H2,1-2H3,(H,22,24)(H,23,25)(H,26,27)(H4,19,20,21)(H2,28,29,30). The Labute approximate surface area is 180 Å². The molecule has 0 saturated heterocycles. The Balaban J connectivity index is 5.29. The van der Waals surface area contributed by atoms with Crippen molar-refractivity contribution in [3.8, 4) is 0 Å². The van der Waals surface area contributed by atoms with Crippen LogP contribution in [-0.2, 0) is 18.9 Å². The minimum Gasteiger partial charge on any atom is -0.479 e. The molecule has 0 radical (unpaired) electrons. The topological polar surface area (TPSA) is 243 Å². The monoisotopic (exact) mass is 464 g/mol. The zero-order valence-corrected chi connectivity index (χ0v) is 18.5.